The van der Waals surface area contributed by atoms with Crippen molar-refractivity contribution in [2.24, 2.45) is 0 Å². The van der Waals surface area contributed by atoms with E-state index in [-0.39, 0.29) is 30.1 Å². The highest BCUT2D eigenvalue weighted by Gasteiger charge is 2.51. The third-order valence-electron chi connectivity index (χ3n) is 3.92. The zero-order chi connectivity index (χ0) is 14.9. The summed E-state index contributed by atoms with van der Waals surface area (Å²) in [6.07, 6.45) is 0. The molecule has 0 aromatic carbocycles. The van der Waals surface area contributed by atoms with E-state index in [1.807, 2.05) is 11.9 Å². The number of hydrogen-bond donors (Lipinski definition) is 0. The number of amides is 2. The van der Waals surface area contributed by atoms with Gasteiger partial charge in [-0.3, -0.25) is 14.5 Å². The standard InChI is InChI=1S/C13H23N3O4/c1-14(2)12(18)10-5-20-13(7-15(10)3)8-16(9-13)11(17)6-19-4/h10H,5-9H2,1-4H3/t10-/m1/s1. The predicted molar refractivity (Wildman–Crippen MR) is 72.3 cm³/mol. The molecule has 2 aliphatic rings. The van der Waals surface area contributed by atoms with E-state index in [1.54, 1.807) is 23.9 Å². The van der Waals surface area contributed by atoms with Crippen LogP contribution in [0.25, 0.3) is 0 Å². The number of methoxy groups -OCH3 is 1. The minimum absolute atomic E-state index is 0.0177. The zero-order valence-corrected chi connectivity index (χ0v) is 12.6. The lowest BCUT2D eigenvalue weighted by Gasteiger charge is -2.54. The maximum Gasteiger partial charge on any atom is 0.248 e. The predicted octanol–water partition coefficient (Wildman–Crippen LogP) is -1.37. The molecular formula is C13H23N3O4. The van der Waals surface area contributed by atoms with Crippen molar-refractivity contribution in [2.75, 3.05) is 61.1 Å². The Bertz CT molecular complexity index is 393. The summed E-state index contributed by atoms with van der Waals surface area (Å²) in [6.45, 7) is 2.28. The van der Waals surface area contributed by atoms with Gasteiger partial charge >= 0.3 is 0 Å². The maximum atomic E-state index is 12.0. The summed E-state index contributed by atoms with van der Waals surface area (Å²) in [5.41, 5.74) is -0.318. The van der Waals surface area contributed by atoms with Crippen molar-refractivity contribution in [3.05, 3.63) is 0 Å². The Morgan fingerprint density at radius 1 is 1.35 bits per heavy atom. The number of hydrogen-bond acceptors (Lipinski definition) is 5. The first kappa shape index (κ1) is 15.2. The van der Waals surface area contributed by atoms with Gasteiger partial charge in [-0.1, -0.05) is 0 Å². The molecule has 0 saturated carbocycles. The van der Waals surface area contributed by atoms with Crippen molar-refractivity contribution in [1.82, 2.24) is 14.7 Å². The molecule has 0 unspecified atom stereocenters. The quantitative estimate of drug-likeness (QED) is 0.640. The summed E-state index contributed by atoms with van der Waals surface area (Å²) >= 11 is 0. The number of likely N-dealkylation sites (N-methyl/N-ethyl adjacent to an activating group) is 2. The van der Waals surface area contributed by atoms with Crippen LogP contribution >= 0.6 is 0 Å². The molecule has 20 heavy (non-hydrogen) atoms. The van der Waals surface area contributed by atoms with Crippen molar-refractivity contribution < 1.29 is 19.1 Å². The van der Waals surface area contributed by atoms with Crippen LogP contribution in [-0.4, -0.2) is 99.3 Å². The van der Waals surface area contributed by atoms with Crippen LogP contribution in [-0.2, 0) is 19.1 Å². The Morgan fingerprint density at radius 3 is 2.50 bits per heavy atom. The molecule has 2 fully saturated rings. The van der Waals surface area contributed by atoms with Crippen molar-refractivity contribution in [1.29, 1.82) is 0 Å². The van der Waals surface area contributed by atoms with Gasteiger partial charge in [0.15, 0.2) is 0 Å². The number of morpholine rings is 1. The van der Waals surface area contributed by atoms with Crippen molar-refractivity contribution in [3.63, 3.8) is 0 Å². The topological polar surface area (TPSA) is 62.3 Å². The van der Waals surface area contributed by atoms with Gasteiger partial charge < -0.3 is 19.3 Å². The van der Waals surface area contributed by atoms with Gasteiger partial charge in [-0.2, -0.15) is 0 Å². The summed E-state index contributed by atoms with van der Waals surface area (Å²) in [5, 5.41) is 0. The Morgan fingerprint density at radius 2 is 2.00 bits per heavy atom. The van der Waals surface area contributed by atoms with E-state index in [4.69, 9.17) is 9.47 Å². The molecule has 0 aliphatic carbocycles. The normalized spacial score (nSPS) is 25.4. The highest BCUT2D eigenvalue weighted by atomic mass is 16.5. The lowest BCUT2D eigenvalue weighted by atomic mass is 9.90. The zero-order valence-electron chi connectivity index (χ0n) is 12.6. The van der Waals surface area contributed by atoms with Gasteiger partial charge in [0.2, 0.25) is 11.8 Å². The maximum absolute atomic E-state index is 12.0. The molecule has 0 aromatic heterocycles. The third-order valence-corrected chi connectivity index (χ3v) is 3.92. The van der Waals surface area contributed by atoms with E-state index in [2.05, 4.69) is 0 Å². The Labute approximate surface area is 119 Å². The average Bonchev–Trinajstić information content (AvgIpc) is 2.35. The fourth-order valence-corrected chi connectivity index (χ4v) is 2.78. The molecule has 2 amide bonds. The molecule has 2 heterocycles. The molecule has 0 N–H and O–H groups in total. The Kier molecular flexibility index (Phi) is 4.31. The van der Waals surface area contributed by atoms with Gasteiger partial charge in [0.25, 0.3) is 0 Å². The largest absolute Gasteiger partial charge is 0.375 e. The molecule has 0 radical (unpaired) electrons. The van der Waals surface area contributed by atoms with Crippen LogP contribution in [0.4, 0.5) is 0 Å². The summed E-state index contributed by atoms with van der Waals surface area (Å²) in [5.74, 6) is 0.0323. The van der Waals surface area contributed by atoms with Gasteiger partial charge in [0.1, 0.15) is 18.2 Å². The van der Waals surface area contributed by atoms with Gasteiger partial charge in [-0.25, -0.2) is 0 Å². The van der Waals surface area contributed by atoms with Crippen LogP contribution in [0.1, 0.15) is 0 Å². The smallest absolute Gasteiger partial charge is 0.248 e. The minimum atomic E-state index is -0.318. The number of rotatable bonds is 3. The van der Waals surface area contributed by atoms with Crippen LogP contribution in [0.2, 0.25) is 0 Å². The van der Waals surface area contributed by atoms with Crippen molar-refractivity contribution >= 4 is 11.8 Å². The number of nitrogens with zero attached hydrogens (tertiary/aromatic N) is 3. The number of carbonyl (C=O) groups excluding carboxylic acids is 2. The molecule has 7 nitrogen and oxygen atoms in total. The summed E-state index contributed by atoms with van der Waals surface area (Å²) in [4.78, 5) is 29.0. The van der Waals surface area contributed by atoms with E-state index in [9.17, 15) is 9.59 Å². The average molecular weight is 285 g/mol. The number of ether oxygens (including phenoxy) is 2. The molecule has 2 saturated heterocycles. The first-order valence-electron chi connectivity index (χ1n) is 6.70. The highest BCUT2D eigenvalue weighted by Crippen LogP contribution is 2.30. The van der Waals surface area contributed by atoms with Crippen LogP contribution < -0.4 is 0 Å². The SMILES string of the molecule is COCC(=O)N1CC2(C1)CN(C)[C@@H](C(=O)N(C)C)CO2. The van der Waals surface area contributed by atoms with Crippen molar-refractivity contribution in [2.45, 2.75) is 11.6 Å². The summed E-state index contributed by atoms with van der Waals surface area (Å²) in [7, 11) is 6.93. The van der Waals surface area contributed by atoms with Gasteiger partial charge in [0, 0.05) is 27.7 Å². The van der Waals surface area contributed by atoms with Crippen LogP contribution in [0.15, 0.2) is 0 Å². The number of likely N-dealkylation sites (tertiary alicyclic amines) is 1. The van der Waals surface area contributed by atoms with Gasteiger partial charge in [0.05, 0.1) is 19.7 Å². The van der Waals surface area contributed by atoms with E-state index < -0.39 is 0 Å². The van der Waals surface area contributed by atoms with E-state index in [0.717, 1.165) is 0 Å². The molecule has 114 valence electrons. The highest BCUT2D eigenvalue weighted by molar-refractivity contribution is 5.82. The second-order valence-electron chi connectivity index (χ2n) is 5.84. The van der Waals surface area contributed by atoms with Gasteiger partial charge in [-0.05, 0) is 7.05 Å². The lowest BCUT2D eigenvalue weighted by Crippen LogP contribution is -2.73. The second kappa shape index (κ2) is 5.67. The third kappa shape index (κ3) is 2.79. The lowest BCUT2D eigenvalue weighted by molar-refractivity contribution is -0.204. The fourth-order valence-electron chi connectivity index (χ4n) is 2.78. The molecule has 0 aromatic rings. The molecule has 0 bridgehead atoms. The fraction of sp³-hybridized carbons (Fsp3) is 0.846. The molecule has 1 atom stereocenters. The number of carbonyl (C=O) groups is 2. The molecule has 2 rings (SSSR count). The van der Waals surface area contributed by atoms with E-state index in [0.29, 0.717) is 26.2 Å². The molecule has 7 heteroatoms. The molecule has 1 spiro atoms. The van der Waals surface area contributed by atoms with Crippen LogP contribution in [0, 0.1) is 0 Å². The first-order chi connectivity index (χ1) is 9.38. The molecule has 2 aliphatic heterocycles. The van der Waals surface area contributed by atoms with Gasteiger partial charge in [-0.15, -0.1) is 0 Å². The van der Waals surface area contributed by atoms with Crippen LogP contribution in [0.5, 0.6) is 0 Å². The van der Waals surface area contributed by atoms with Crippen LogP contribution in [0.3, 0.4) is 0 Å². The summed E-state index contributed by atoms with van der Waals surface area (Å²) in [6, 6.07) is -0.237. The van der Waals surface area contributed by atoms with E-state index in [1.165, 1.54) is 7.11 Å². The Balaban J connectivity index is 1.88. The van der Waals surface area contributed by atoms with E-state index >= 15 is 0 Å². The molecular weight excluding hydrogens is 262 g/mol. The minimum Gasteiger partial charge on any atom is -0.375 e. The Hall–Kier alpha value is -1.18. The monoisotopic (exact) mass is 285 g/mol. The first-order valence-corrected chi connectivity index (χ1v) is 6.70. The summed E-state index contributed by atoms with van der Waals surface area (Å²) < 4.78 is 10.7. The van der Waals surface area contributed by atoms with Crippen molar-refractivity contribution in [3.8, 4) is 0 Å². The second-order valence-corrected chi connectivity index (χ2v) is 5.84.